The van der Waals surface area contributed by atoms with E-state index in [1.807, 2.05) is 18.4 Å². The molecule has 2 aromatic rings. The van der Waals surface area contributed by atoms with E-state index in [0.29, 0.717) is 13.1 Å². The molecule has 2 heterocycles. The Hall–Kier alpha value is -1.93. The van der Waals surface area contributed by atoms with Crippen LogP contribution in [0.5, 0.6) is 0 Å². The lowest BCUT2D eigenvalue weighted by Gasteiger charge is -2.18. The molecule has 8 heteroatoms. The van der Waals surface area contributed by atoms with Gasteiger partial charge in [-0.2, -0.15) is 0 Å². The fourth-order valence-corrected chi connectivity index (χ4v) is 3.50. The van der Waals surface area contributed by atoms with Gasteiger partial charge in [0.05, 0.1) is 6.54 Å². The van der Waals surface area contributed by atoms with Crippen LogP contribution in [-0.2, 0) is 24.4 Å². The van der Waals surface area contributed by atoms with Crippen molar-refractivity contribution < 1.29 is 4.79 Å². The number of rotatable bonds is 7. The van der Waals surface area contributed by atoms with E-state index in [0.717, 1.165) is 24.5 Å². The fourth-order valence-electron chi connectivity index (χ4n) is 3.09. The third-order valence-electron chi connectivity index (χ3n) is 4.61. The smallest absolute Gasteiger partial charge is 0.242 e. The average Bonchev–Trinajstić information content (AvgIpc) is 2.92. The molecule has 1 N–H and O–H groups in total. The maximum atomic E-state index is 12.3. The number of likely N-dealkylation sites (tertiary alicyclic amines) is 1. The van der Waals surface area contributed by atoms with Gasteiger partial charge in [-0.3, -0.25) is 9.69 Å². The van der Waals surface area contributed by atoms with E-state index in [4.69, 9.17) is 0 Å². The molecular formula is C18H26N6OS. The van der Waals surface area contributed by atoms with Crippen LogP contribution >= 0.6 is 11.8 Å². The third kappa shape index (κ3) is 5.54. The molecule has 0 aliphatic carbocycles. The van der Waals surface area contributed by atoms with Gasteiger partial charge in [-0.25, -0.2) is 4.68 Å². The Labute approximate surface area is 158 Å². The Kier molecular flexibility index (Phi) is 7.02. The Balaban J connectivity index is 1.50. The Bertz CT molecular complexity index is 694. The van der Waals surface area contributed by atoms with Crippen molar-refractivity contribution >= 4 is 17.7 Å². The topological polar surface area (TPSA) is 75.9 Å². The molecule has 1 fully saturated rings. The van der Waals surface area contributed by atoms with Gasteiger partial charge in [-0.1, -0.05) is 25.0 Å². The highest BCUT2D eigenvalue weighted by molar-refractivity contribution is 7.98. The Morgan fingerprint density at radius 3 is 2.58 bits per heavy atom. The van der Waals surface area contributed by atoms with Crippen LogP contribution in [0, 0.1) is 0 Å². The van der Waals surface area contributed by atoms with Crippen molar-refractivity contribution in [3.63, 3.8) is 0 Å². The van der Waals surface area contributed by atoms with E-state index in [1.165, 1.54) is 30.6 Å². The minimum absolute atomic E-state index is 0.0802. The number of amides is 1. The second kappa shape index (κ2) is 9.68. The summed E-state index contributed by atoms with van der Waals surface area (Å²) in [6.07, 6.45) is 7.07. The summed E-state index contributed by atoms with van der Waals surface area (Å²) in [5, 5.41) is 14.8. The van der Waals surface area contributed by atoms with Gasteiger partial charge in [0.1, 0.15) is 6.54 Å². The largest absolute Gasteiger partial charge is 0.350 e. The third-order valence-corrected chi connectivity index (χ3v) is 5.36. The predicted octanol–water partition coefficient (Wildman–Crippen LogP) is 2.09. The lowest BCUT2D eigenvalue weighted by Crippen LogP contribution is -2.30. The first-order valence-corrected chi connectivity index (χ1v) is 10.3. The first kappa shape index (κ1) is 18.8. The highest BCUT2D eigenvalue weighted by Gasteiger charge is 2.15. The van der Waals surface area contributed by atoms with Gasteiger partial charge in [0, 0.05) is 11.4 Å². The van der Waals surface area contributed by atoms with Crippen molar-refractivity contribution in [1.82, 2.24) is 30.4 Å². The molecular weight excluding hydrogens is 348 g/mol. The van der Waals surface area contributed by atoms with Crippen LogP contribution in [0.25, 0.3) is 0 Å². The quantitative estimate of drug-likeness (QED) is 0.748. The maximum absolute atomic E-state index is 12.3. The molecule has 1 aliphatic rings. The molecule has 1 saturated heterocycles. The van der Waals surface area contributed by atoms with Crippen LogP contribution in [0.4, 0.5) is 0 Å². The summed E-state index contributed by atoms with van der Waals surface area (Å²) in [4.78, 5) is 15.9. The zero-order valence-corrected chi connectivity index (χ0v) is 16.0. The fraction of sp³-hybridized carbons (Fsp3) is 0.556. The van der Waals surface area contributed by atoms with Crippen molar-refractivity contribution in [2.45, 2.75) is 50.2 Å². The van der Waals surface area contributed by atoms with Gasteiger partial charge in [-0.05, 0) is 60.3 Å². The van der Waals surface area contributed by atoms with E-state index < -0.39 is 0 Å². The molecule has 1 amide bonds. The maximum Gasteiger partial charge on any atom is 0.242 e. The van der Waals surface area contributed by atoms with Gasteiger partial charge in [0.15, 0.2) is 5.82 Å². The van der Waals surface area contributed by atoms with Crippen molar-refractivity contribution in [2.24, 2.45) is 0 Å². The van der Waals surface area contributed by atoms with Crippen molar-refractivity contribution in [1.29, 1.82) is 0 Å². The zero-order chi connectivity index (χ0) is 18.2. The molecule has 0 radical (unpaired) electrons. The number of hydrogen-bond donors (Lipinski definition) is 1. The second-order valence-corrected chi connectivity index (χ2v) is 7.45. The summed E-state index contributed by atoms with van der Waals surface area (Å²) in [5.74, 6) is 0.676. The standard InChI is InChI=1S/C18H26N6OS/c1-26-16-8-6-15(7-9-16)12-19-18(25)14-24-17(20-21-22-24)13-23-10-4-2-3-5-11-23/h6-9H,2-5,10-14H2,1H3,(H,19,25). The predicted molar refractivity (Wildman–Crippen MR) is 102 cm³/mol. The number of nitrogens with one attached hydrogen (secondary N) is 1. The van der Waals surface area contributed by atoms with Gasteiger partial charge in [-0.15, -0.1) is 16.9 Å². The molecule has 1 aromatic carbocycles. The molecule has 0 bridgehead atoms. The highest BCUT2D eigenvalue weighted by Crippen LogP contribution is 2.15. The van der Waals surface area contributed by atoms with Crippen LogP contribution in [-0.4, -0.2) is 50.4 Å². The molecule has 0 unspecified atom stereocenters. The SMILES string of the molecule is CSc1ccc(CNC(=O)Cn2nnnc2CN2CCCCCC2)cc1. The number of aromatic nitrogens is 4. The summed E-state index contributed by atoms with van der Waals surface area (Å²) in [6, 6.07) is 8.20. The number of benzene rings is 1. The van der Waals surface area contributed by atoms with Crippen LogP contribution in [0.1, 0.15) is 37.1 Å². The Morgan fingerprint density at radius 1 is 1.15 bits per heavy atom. The Morgan fingerprint density at radius 2 is 1.88 bits per heavy atom. The van der Waals surface area contributed by atoms with E-state index in [9.17, 15) is 4.79 Å². The first-order valence-electron chi connectivity index (χ1n) is 9.11. The molecule has 1 aliphatic heterocycles. The molecule has 0 atom stereocenters. The highest BCUT2D eigenvalue weighted by atomic mass is 32.2. The summed E-state index contributed by atoms with van der Waals surface area (Å²) in [7, 11) is 0. The molecule has 1 aromatic heterocycles. The van der Waals surface area contributed by atoms with Crippen molar-refractivity contribution in [3.05, 3.63) is 35.7 Å². The van der Waals surface area contributed by atoms with E-state index in [1.54, 1.807) is 16.4 Å². The molecule has 7 nitrogen and oxygen atoms in total. The van der Waals surface area contributed by atoms with Crippen molar-refractivity contribution in [2.75, 3.05) is 19.3 Å². The van der Waals surface area contributed by atoms with Crippen LogP contribution in [0.3, 0.4) is 0 Å². The number of hydrogen-bond acceptors (Lipinski definition) is 6. The summed E-state index contributed by atoms with van der Waals surface area (Å²) in [5.41, 5.74) is 1.08. The number of carbonyl (C=O) groups excluding carboxylic acids is 1. The van der Waals surface area contributed by atoms with Gasteiger partial charge < -0.3 is 5.32 Å². The molecule has 3 rings (SSSR count). The van der Waals surface area contributed by atoms with Gasteiger partial charge >= 0.3 is 0 Å². The number of carbonyl (C=O) groups is 1. The lowest BCUT2D eigenvalue weighted by atomic mass is 10.2. The lowest BCUT2D eigenvalue weighted by molar-refractivity contribution is -0.122. The van der Waals surface area contributed by atoms with E-state index in [2.05, 4.69) is 37.9 Å². The average molecular weight is 375 g/mol. The zero-order valence-electron chi connectivity index (χ0n) is 15.2. The van der Waals surface area contributed by atoms with Gasteiger partial charge in [0.25, 0.3) is 0 Å². The second-order valence-electron chi connectivity index (χ2n) is 6.57. The minimum atomic E-state index is -0.0802. The summed E-state index contributed by atoms with van der Waals surface area (Å²) >= 11 is 1.70. The normalized spacial score (nSPS) is 15.6. The monoisotopic (exact) mass is 374 g/mol. The van der Waals surface area contributed by atoms with Crippen molar-refractivity contribution in [3.8, 4) is 0 Å². The number of tetrazole rings is 1. The minimum Gasteiger partial charge on any atom is -0.350 e. The summed E-state index contributed by atoms with van der Waals surface area (Å²) in [6.45, 7) is 3.52. The van der Waals surface area contributed by atoms with Gasteiger partial charge in [0.2, 0.25) is 5.91 Å². The first-order chi connectivity index (χ1) is 12.7. The number of nitrogens with zero attached hydrogens (tertiary/aromatic N) is 5. The molecule has 26 heavy (non-hydrogen) atoms. The van der Waals surface area contributed by atoms with Crippen LogP contribution in [0.2, 0.25) is 0 Å². The molecule has 0 saturated carbocycles. The van der Waals surface area contributed by atoms with E-state index >= 15 is 0 Å². The van der Waals surface area contributed by atoms with Crippen LogP contribution in [0.15, 0.2) is 29.2 Å². The molecule has 140 valence electrons. The molecule has 0 spiro atoms. The summed E-state index contributed by atoms with van der Waals surface area (Å²) < 4.78 is 1.61. The van der Waals surface area contributed by atoms with Crippen LogP contribution < -0.4 is 5.32 Å². The van der Waals surface area contributed by atoms with E-state index in [-0.39, 0.29) is 12.5 Å². The number of thioether (sulfide) groups is 1.